The molecule has 0 atom stereocenters. The van der Waals surface area contributed by atoms with Crippen LogP contribution >= 0.6 is 0 Å². The maximum atomic E-state index is 10.4. The molecule has 2 aromatic carbocycles. The fraction of sp³-hybridized carbons (Fsp3) is 0.188. The SMILES string of the molecule is Cc1cc(OCc2ccccc2)cc(C)c1N=C=O. The summed E-state index contributed by atoms with van der Waals surface area (Å²) in [5.41, 5.74) is 3.60. The molecule has 0 N–H and O–H groups in total. The second kappa shape index (κ2) is 5.98. The van der Waals surface area contributed by atoms with E-state index >= 15 is 0 Å². The monoisotopic (exact) mass is 253 g/mol. The largest absolute Gasteiger partial charge is 0.489 e. The van der Waals surface area contributed by atoms with Gasteiger partial charge in [-0.05, 0) is 42.7 Å². The first-order valence-corrected chi connectivity index (χ1v) is 6.06. The highest BCUT2D eigenvalue weighted by atomic mass is 16.5. The Morgan fingerprint density at radius 3 is 2.32 bits per heavy atom. The third kappa shape index (κ3) is 3.30. The smallest absolute Gasteiger partial charge is 0.240 e. The summed E-state index contributed by atoms with van der Waals surface area (Å²) in [6, 6.07) is 13.7. The topological polar surface area (TPSA) is 38.7 Å². The van der Waals surface area contributed by atoms with E-state index < -0.39 is 0 Å². The molecule has 0 aliphatic rings. The Morgan fingerprint density at radius 1 is 1.11 bits per heavy atom. The summed E-state index contributed by atoms with van der Waals surface area (Å²) in [7, 11) is 0. The lowest BCUT2D eigenvalue weighted by Crippen LogP contribution is -1.96. The predicted molar refractivity (Wildman–Crippen MR) is 74.5 cm³/mol. The fourth-order valence-electron chi connectivity index (χ4n) is 1.96. The molecular formula is C16H15NO2. The molecule has 0 aliphatic carbocycles. The van der Waals surface area contributed by atoms with Crippen LogP contribution in [0.25, 0.3) is 0 Å². The molecule has 0 fully saturated rings. The lowest BCUT2D eigenvalue weighted by Gasteiger charge is -2.10. The van der Waals surface area contributed by atoms with E-state index in [1.54, 1.807) is 6.08 Å². The quantitative estimate of drug-likeness (QED) is 0.613. The van der Waals surface area contributed by atoms with E-state index in [1.807, 2.05) is 56.3 Å². The molecule has 3 nitrogen and oxygen atoms in total. The minimum absolute atomic E-state index is 0.524. The summed E-state index contributed by atoms with van der Waals surface area (Å²) in [5.74, 6) is 0.781. The van der Waals surface area contributed by atoms with Gasteiger partial charge in [-0.25, -0.2) is 4.79 Å². The zero-order valence-electron chi connectivity index (χ0n) is 11.0. The van der Waals surface area contributed by atoms with Crippen LogP contribution < -0.4 is 4.74 Å². The molecule has 0 unspecified atom stereocenters. The van der Waals surface area contributed by atoms with Crippen molar-refractivity contribution in [1.82, 2.24) is 0 Å². The molecule has 0 spiro atoms. The Hall–Kier alpha value is -2.38. The number of benzene rings is 2. The summed E-state index contributed by atoms with van der Waals surface area (Å²) in [6.07, 6.45) is 1.58. The van der Waals surface area contributed by atoms with Gasteiger partial charge in [0.05, 0.1) is 5.69 Å². The molecule has 0 radical (unpaired) electrons. The van der Waals surface area contributed by atoms with Gasteiger partial charge in [0.15, 0.2) is 0 Å². The van der Waals surface area contributed by atoms with Gasteiger partial charge in [-0.15, -0.1) is 0 Å². The lowest BCUT2D eigenvalue weighted by atomic mass is 10.1. The normalized spacial score (nSPS) is 9.79. The molecule has 0 bridgehead atoms. The summed E-state index contributed by atoms with van der Waals surface area (Å²) in [6.45, 7) is 4.33. The van der Waals surface area contributed by atoms with Gasteiger partial charge in [0.1, 0.15) is 12.4 Å². The van der Waals surface area contributed by atoms with Crippen LogP contribution in [0.1, 0.15) is 16.7 Å². The average Bonchev–Trinajstić information content (AvgIpc) is 2.42. The summed E-state index contributed by atoms with van der Waals surface area (Å²) in [4.78, 5) is 14.1. The number of aliphatic imine (C=N–C) groups is 1. The number of carbonyl (C=O) groups excluding carboxylic acids is 1. The second-order valence-electron chi connectivity index (χ2n) is 4.38. The van der Waals surface area contributed by atoms with Gasteiger partial charge in [0.2, 0.25) is 6.08 Å². The van der Waals surface area contributed by atoms with Crippen LogP contribution in [0, 0.1) is 13.8 Å². The van der Waals surface area contributed by atoms with Gasteiger partial charge >= 0.3 is 0 Å². The maximum absolute atomic E-state index is 10.4. The van der Waals surface area contributed by atoms with E-state index in [0.717, 1.165) is 22.4 Å². The highest BCUT2D eigenvalue weighted by molar-refractivity contribution is 5.60. The molecule has 2 aromatic rings. The van der Waals surface area contributed by atoms with E-state index in [2.05, 4.69) is 4.99 Å². The van der Waals surface area contributed by atoms with Crippen LogP contribution in [-0.2, 0) is 11.4 Å². The van der Waals surface area contributed by atoms with Gasteiger partial charge in [-0.1, -0.05) is 30.3 Å². The van der Waals surface area contributed by atoms with E-state index in [0.29, 0.717) is 12.3 Å². The first-order chi connectivity index (χ1) is 9.20. The minimum atomic E-state index is 0.524. The average molecular weight is 253 g/mol. The summed E-state index contributed by atoms with van der Waals surface area (Å²) in [5, 5.41) is 0. The van der Waals surface area contributed by atoms with Crippen LogP contribution in [0.2, 0.25) is 0 Å². The minimum Gasteiger partial charge on any atom is -0.489 e. The number of hydrogen-bond acceptors (Lipinski definition) is 3. The fourth-order valence-corrected chi connectivity index (χ4v) is 1.96. The van der Waals surface area contributed by atoms with Crippen molar-refractivity contribution >= 4 is 11.8 Å². The van der Waals surface area contributed by atoms with Crippen LogP contribution in [0.15, 0.2) is 47.5 Å². The Labute approximate surface area is 112 Å². The molecule has 2 rings (SSSR count). The molecule has 0 saturated carbocycles. The molecule has 0 saturated heterocycles. The molecule has 0 heterocycles. The number of nitrogens with zero attached hydrogens (tertiary/aromatic N) is 1. The molecule has 0 aliphatic heterocycles. The summed E-state index contributed by atoms with van der Waals surface area (Å²) >= 11 is 0. The van der Waals surface area contributed by atoms with Crippen molar-refractivity contribution in [2.45, 2.75) is 20.5 Å². The number of hydrogen-bond donors (Lipinski definition) is 0. The number of ether oxygens (including phenoxy) is 1. The van der Waals surface area contributed by atoms with Crippen molar-refractivity contribution < 1.29 is 9.53 Å². The summed E-state index contributed by atoms with van der Waals surface area (Å²) < 4.78 is 5.75. The zero-order valence-corrected chi connectivity index (χ0v) is 11.0. The van der Waals surface area contributed by atoms with Gasteiger partial charge in [-0.2, -0.15) is 4.99 Å². The molecule has 0 aromatic heterocycles. The van der Waals surface area contributed by atoms with Crippen LogP contribution in [0.3, 0.4) is 0 Å². The van der Waals surface area contributed by atoms with Crippen LogP contribution in [-0.4, -0.2) is 6.08 Å². The Balaban J connectivity index is 2.16. The van der Waals surface area contributed by atoms with Gasteiger partial charge in [0.25, 0.3) is 0 Å². The Morgan fingerprint density at radius 2 is 1.74 bits per heavy atom. The van der Waals surface area contributed by atoms with Crippen molar-refractivity contribution in [3.8, 4) is 5.75 Å². The van der Waals surface area contributed by atoms with Gasteiger partial charge in [0, 0.05) is 0 Å². The highest BCUT2D eigenvalue weighted by Gasteiger charge is 2.05. The maximum Gasteiger partial charge on any atom is 0.240 e. The Bertz CT molecular complexity index is 591. The molecule has 96 valence electrons. The third-order valence-corrected chi connectivity index (χ3v) is 2.87. The first-order valence-electron chi connectivity index (χ1n) is 6.06. The van der Waals surface area contributed by atoms with Crippen molar-refractivity contribution in [2.24, 2.45) is 4.99 Å². The molecule has 19 heavy (non-hydrogen) atoms. The molecule has 0 amide bonds. The van der Waals surface area contributed by atoms with Gasteiger partial charge in [-0.3, -0.25) is 0 Å². The van der Waals surface area contributed by atoms with Crippen molar-refractivity contribution in [3.63, 3.8) is 0 Å². The van der Waals surface area contributed by atoms with Gasteiger partial charge < -0.3 is 4.74 Å². The Kier molecular flexibility index (Phi) is 4.11. The standard InChI is InChI=1S/C16H15NO2/c1-12-8-15(9-13(2)16(12)17-11-18)19-10-14-6-4-3-5-7-14/h3-9H,10H2,1-2H3. The predicted octanol–water partition coefficient (Wildman–Crippen LogP) is 3.85. The molecule has 3 heteroatoms. The zero-order chi connectivity index (χ0) is 13.7. The van der Waals surface area contributed by atoms with Crippen LogP contribution in [0.4, 0.5) is 5.69 Å². The number of isocyanates is 1. The second-order valence-corrected chi connectivity index (χ2v) is 4.38. The first kappa shape index (κ1) is 13.1. The van der Waals surface area contributed by atoms with E-state index in [9.17, 15) is 4.79 Å². The van der Waals surface area contributed by atoms with E-state index in [1.165, 1.54) is 0 Å². The van der Waals surface area contributed by atoms with Crippen molar-refractivity contribution in [1.29, 1.82) is 0 Å². The molecular weight excluding hydrogens is 238 g/mol. The number of aryl methyl sites for hydroxylation is 2. The van der Waals surface area contributed by atoms with E-state index in [-0.39, 0.29) is 0 Å². The van der Waals surface area contributed by atoms with Crippen molar-refractivity contribution in [2.75, 3.05) is 0 Å². The number of rotatable bonds is 4. The third-order valence-electron chi connectivity index (χ3n) is 2.87. The van der Waals surface area contributed by atoms with E-state index in [4.69, 9.17) is 4.74 Å². The van der Waals surface area contributed by atoms with Crippen molar-refractivity contribution in [3.05, 3.63) is 59.2 Å². The highest BCUT2D eigenvalue weighted by Crippen LogP contribution is 2.28. The van der Waals surface area contributed by atoms with Crippen LogP contribution in [0.5, 0.6) is 5.75 Å². The lowest BCUT2D eigenvalue weighted by molar-refractivity contribution is 0.306.